The summed E-state index contributed by atoms with van der Waals surface area (Å²) in [5.74, 6) is 0.378. The van der Waals surface area contributed by atoms with Crippen molar-refractivity contribution >= 4 is 5.91 Å². The van der Waals surface area contributed by atoms with Gasteiger partial charge in [0.25, 0.3) is 0 Å². The Morgan fingerprint density at radius 1 is 1.50 bits per heavy atom. The van der Waals surface area contributed by atoms with E-state index >= 15 is 0 Å². The number of carbonyl (C=O) groups is 1. The van der Waals surface area contributed by atoms with E-state index in [1.165, 1.54) is 0 Å². The number of hydrogen-bond acceptors (Lipinski definition) is 4. The van der Waals surface area contributed by atoms with E-state index < -0.39 is 6.10 Å². The average molecular weight is 286 g/mol. The Morgan fingerprint density at radius 2 is 2.10 bits per heavy atom. The van der Waals surface area contributed by atoms with Crippen molar-refractivity contribution in [3.63, 3.8) is 0 Å². The molecule has 0 heterocycles. The number of nitrogens with two attached hydrogens (primary N) is 1. The van der Waals surface area contributed by atoms with Crippen LogP contribution in [0.25, 0.3) is 0 Å². The van der Waals surface area contributed by atoms with Crippen LogP contribution in [0.3, 0.4) is 0 Å². The van der Waals surface area contributed by atoms with Gasteiger partial charge in [-0.3, -0.25) is 4.79 Å². The maximum Gasteiger partial charge on any atom is 0.226 e. The van der Waals surface area contributed by atoms with E-state index in [4.69, 9.17) is 10.5 Å². The number of amides is 1. The second-order valence-electron chi connectivity index (χ2n) is 6.73. The summed E-state index contributed by atoms with van der Waals surface area (Å²) in [6.45, 7) is 6.92. The van der Waals surface area contributed by atoms with Crippen molar-refractivity contribution < 1.29 is 14.6 Å². The van der Waals surface area contributed by atoms with Gasteiger partial charge in [-0.2, -0.15) is 0 Å². The second-order valence-corrected chi connectivity index (χ2v) is 6.73. The van der Waals surface area contributed by atoms with Crippen molar-refractivity contribution in [3.05, 3.63) is 0 Å². The van der Waals surface area contributed by atoms with Crippen LogP contribution in [0.4, 0.5) is 0 Å². The highest BCUT2D eigenvalue weighted by molar-refractivity contribution is 5.79. The molecule has 0 saturated heterocycles. The monoisotopic (exact) mass is 286 g/mol. The molecule has 4 unspecified atom stereocenters. The van der Waals surface area contributed by atoms with Crippen LogP contribution in [0.15, 0.2) is 0 Å². The molecular weight excluding hydrogens is 256 g/mol. The lowest BCUT2D eigenvalue weighted by Gasteiger charge is -2.47. The van der Waals surface area contributed by atoms with Crippen molar-refractivity contribution in [3.8, 4) is 0 Å². The molecule has 0 bridgehead atoms. The van der Waals surface area contributed by atoms with Crippen LogP contribution >= 0.6 is 0 Å². The fourth-order valence-corrected chi connectivity index (χ4v) is 3.21. The molecule has 20 heavy (non-hydrogen) atoms. The van der Waals surface area contributed by atoms with E-state index in [0.29, 0.717) is 12.5 Å². The molecule has 4 atom stereocenters. The van der Waals surface area contributed by atoms with Gasteiger partial charge in [0.2, 0.25) is 5.91 Å². The van der Waals surface area contributed by atoms with Crippen LogP contribution in [0.2, 0.25) is 0 Å². The fourth-order valence-electron chi connectivity index (χ4n) is 3.21. The average Bonchev–Trinajstić information content (AvgIpc) is 2.35. The Balaban J connectivity index is 2.71. The maximum atomic E-state index is 12.6. The smallest absolute Gasteiger partial charge is 0.226 e. The number of likely N-dealkylation sites (N-methyl/N-ethyl adjacent to an activating group) is 1. The van der Waals surface area contributed by atoms with Crippen molar-refractivity contribution in [1.29, 1.82) is 0 Å². The van der Waals surface area contributed by atoms with Gasteiger partial charge >= 0.3 is 0 Å². The summed E-state index contributed by atoms with van der Waals surface area (Å²) in [6, 6.07) is 0.165. The highest BCUT2D eigenvalue weighted by Gasteiger charge is 2.45. The molecule has 1 fully saturated rings. The third kappa shape index (κ3) is 3.71. The lowest BCUT2D eigenvalue weighted by molar-refractivity contribution is -0.143. The molecule has 3 N–H and O–H groups in total. The molecule has 0 aliphatic heterocycles. The van der Waals surface area contributed by atoms with Gasteiger partial charge in [-0.1, -0.05) is 20.8 Å². The molecule has 5 nitrogen and oxygen atoms in total. The minimum atomic E-state index is -0.639. The molecule has 118 valence electrons. The predicted molar refractivity (Wildman–Crippen MR) is 79.2 cm³/mol. The highest BCUT2D eigenvalue weighted by atomic mass is 16.5. The zero-order chi connectivity index (χ0) is 15.5. The molecule has 1 saturated carbocycles. The molecule has 1 aliphatic carbocycles. The molecule has 5 heteroatoms. The Bertz CT molecular complexity index is 333. The molecule has 0 radical (unpaired) electrons. The van der Waals surface area contributed by atoms with Gasteiger partial charge in [-0.25, -0.2) is 0 Å². The van der Waals surface area contributed by atoms with Crippen molar-refractivity contribution in [2.75, 3.05) is 27.3 Å². The van der Waals surface area contributed by atoms with Gasteiger partial charge < -0.3 is 20.5 Å². The van der Waals surface area contributed by atoms with Gasteiger partial charge in [-0.05, 0) is 24.2 Å². The Hall–Kier alpha value is -0.650. The van der Waals surface area contributed by atoms with E-state index in [9.17, 15) is 9.90 Å². The third-order valence-corrected chi connectivity index (χ3v) is 5.02. The molecular formula is C15H30N2O3. The molecule has 1 amide bonds. The molecule has 0 aromatic rings. The minimum absolute atomic E-state index is 0.0305. The van der Waals surface area contributed by atoms with Crippen LogP contribution in [0.5, 0.6) is 0 Å². The first kappa shape index (κ1) is 17.4. The summed E-state index contributed by atoms with van der Waals surface area (Å²) in [5.41, 5.74) is 6.02. The van der Waals surface area contributed by atoms with E-state index in [2.05, 4.69) is 20.8 Å². The second kappa shape index (κ2) is 6.87. The molecule has 0 aromatic heterocycles. The zero-order valence-corrected chi connectivity index (χ0v) is 13.4. The first-order valence-electron chi connectivity index (χ1n) is 7.39. The fraction of sp³-hybridized carbons (Fsp3) is 0.933. The lowest BCUT2D eigenvalue weighted by atomic mass is 9.60. The number of aliphatic hydroxyl groups excluding tert-OH is 1. The summed E-state index contributed by atoms with van der Waals surface area (Å²) in [7, 11) is 3.29. The van der Waals surface area contributed by atoms with E-state index in [0.717, 1.165) is 12.8 Å². The summed E-state index contributed by atoms with van der Waals surface area (Å²) >= 11 is 0. The lowest BCUT2D eigenvalue weighted by Crippen LogP contribution is -2.52. The predicted octanol–water partition coefficient (Wildman–Crippen LogP) is 0.852. The minimum Gasteiger partial charge on any atom is -0.389 e. The summed E-state index contributed by atoms with van der Waals surface area (Å²) in [4.78, 5) is 14.3. The Kier molecular flexibility index (Phi) is 5.98. The van der Waals surface area contributed by atoms with E-state index in [1.807, 2.05) is 0 Å². The van der Waals surface area contributed by atoms with E-state index in [1.54, 1.807) is 19.1 Å². The van der Waals surface area contributed by atoms with Crippen LogP contribution in [-0.4, -0.2) is 55.4 Å². The van der Waals surface area contributed by atoms with Crippen LogP contribution < -0.4 is 5.73 Å². The Morgan fingerprint density at radius 3 is 2.65 bits per heavy atom. The number of carbonyl (C=O) groups excluding carboxylic acids is 1. The van der Waals surface area contributed by atoms with Gasteiger partial charge in [0.05, 0.1) is 12.7 Å². The van der Waals surface area contributed by atoms with Gasteiger partial charge in [0, 0.05) is 32.7 Å². The van der Waals surface area contributed by atoms with Gasteiger partial charge in [-0.15, -0.1) is 0 Å². The molecule has 1 aliphatic rings. The Labute approximate surface area is 122 Å². The zero-order valence-electron chi connectivity index (χ0n) is 13.4. The normalized spacial score (nSPS) is 30.9. The topological polar surface area (TPSA) is 75.8 Å². The third-order valence-electron chi connectivity index (χ3n) is 5.02. The first-order chi connectivity index (χ1) is 9.21. The molecule has 0 aromatic carbocycles. The van der Waals surface area contributed by atoms with Crippen molar-refractivity contribution in [2.45, 2.75) is 45.8 Å². The highest BCUT2D eigenvalue weighted by Crippen LogP contribution is 2.44. The summed E-state index contributed by atoms with van der Waals surface area (Å²) in [6.07, 6.45) is 1.07. The molecule has 0 spiro atoms. The first-order valence-corrected chi connectivity index (χ1v) is 7.39. The van der Waals surface area contributed by atoms with Crippen molar-refractivity contribution in [1.82, 2.24) is 4.90 Å². The number of ether oxygens (including phenoxy) is 1. The van der Waals surface area contributed by atoms with Crippen LogP contribution in [0, 0.1) is 17.3 Å². The quantitative estimate of drug-likeness (QED) is 0.785. The summed E-state index contributed by atoms with van der Waals surface area (Å²) < 4.78 is 4.90. The number of nitrogens with zero attached hydrogens (tertiary/aromatic N) is 1. The standard InChI is InChI=1S/C15H30N2O3/c1-10-13(16)7-6-12(15(10,2)3)14(19)17(4)8-11(18)9-20-5/h10-13,18H,6-9,16H2,1-5H3. The van der Waals surface area contributed by atoms with Gasteiger partial charge in [0.15, 0.2) is 0 Å². The van der Waals surface area contributed by atoms with Crippen molar-refractivity contribution in [2.24, 2.45) is 23.0 Å². The van der Waals surface area contributed by atoms with Crippen LogP contribution in [0.1, 0.15) is 33.6 Å². The SMILES string of the molecule is COCC(O)CN(C)C(=O)C1CCC(N)C(C)C1(C)C. The largest absolute Gasteiger partial charge is 0.389 e. The summed E-state index contributed by atoms with van der Waals surface area (Å²) in [5, 5.41) is 9.75. The van der Waals surface area contributed by atoms with E-state index in [-0.39, 0.29) is 29.9 Å². The number of methoxy groups -OCH3 is 1. The number of hydrogen-bond donors (Lipinski definition) is 2. The maximum absolute atomic E-state index is 12.6. The number of rotatable bonds is 5. The molecule has 1 rings (SSSR count). The van der Waals surface area contributed by atoms with Crippen LogP contribution in [-0.2, 0) is 9.53 Å². The van der Waals surface area contributed by atoms with Gasteiger partial charge in [0.1, 0.15) is 0 Å². The number of aliphatic hydroxyl groups is 1.